The lowest BCUT2D eigenvalue weighted by atomic mass is 9.93. The lowest BCUT2D eigenvalue weighted by Crippen LogP contribution is -2.41. The molecule has 1 saturated heterocycles. The number of hydrogen-bond acceptors (Lipinski definition) is 2. The third kappa shape index (κ3) is 4.03. The molecule has 0 bridgehead atoms. The van der Waals surface area contributed by atoms with E-state index in [1.807, 2.05) is 4.90 Å². The van der Waals surface area contributed by atoms with Crippen molar-refractivity contribution >= 4 is 5.91 Å². The Morgan fingerprint density at radius 2 is 1.82 bits per heavy atom. The van der Waals surface area contributed by atoms with Crippen LogP contribution in [0.15, 0.2) is 0 Å². The van der Waals surface area contributed by atoms with Crippen LogP contribution in [0.1, 0.15) is 52.4 Å². The van der Waals surface area contributed by atoms with E-state index in [0.717, 1.165) is 51.6 Å². The molecule has 17 heavy (non-hydrogen) atoms. The summed E-state index contributed by atoms with van der Waals surface area (Å²) in [7, 11) is 0. The molecule has 1 fully saturated rings. The molecular weight excluding hydrogens is 212 g/mol. The maximum atomic E-state index is 12.3. The number of rotatable bonds is 5. The Morgan fingerprint density at radius 1 is 1.29 bits per heavy atom. The van der Waals surface area contributed by atoms with Gasteiger partial charge in [0.15, 0.2) is 0 Å². The zero-order valence-electron chi connectivity index (χ0n) is 11.1. The number of likely N-dealkylation sites (tertiary alicyclic amines) is 1. The third-order valence-corrected chi connectivity index (χ3v) is 3.61. The topological polar surface area (TPSA) is 44.1 Å². The van der Waals surface area contributed by atoms with Gasteiger partial charge in [-0.1, -0.05) is 26.7 Å². The molecule has 0 atom stereocenters. The van der Waals surface area contributed by atoms with Crippen LogP contribution >= 0.6 is 0 Å². The predicted octanol–water partition coefficient (Wildman–Crippen LogP) is 2.96. The fourth-order valence-electron chi connectivity index (χ4n) is 2.58. The Morgan fingerprint density at radius 3 is 2.24 bits per heavy atom. The van der Waals surface area contributed by atoms with Crippen LogP contribution in [0.5, 0.6) is 0 Å². The van der Waals surface area contributed by atoms with E-state index in [0.29, 0.717) is 5.91 Å². The van der Waals surface area contributed by atoms with Crippen molar-refractivity contribution in [3.63, 3.8) is 0 Å². The first-order valence-corrected chi connectivity index (χ1v) is 6.91. The average Bonchev–Trinajstić information content (AvgIpc) is 2.38. The van der Waals surface area contributed by atoms with Gasteiger partial charge in [0, 0.05) is 24.9 Å². The van der Waals surface area contributed by atoms with E-state index in [1.165, 1.54) is 0 Å². The smallest absolute Gasteiger partial charge is 0.225 e. The highest BCUT2D eigenvalue weighted by Crippen LogP contribution is 2.22. The second-order valence-corrected chi connectivity index (χ2v) is 5.00. The molecule has 1 aliphatic rings. The number of carbonyl (C=O) groups is 1. The standard InChI is InChI=1S/C14H24N2O/c1-3-5-13(6-4-2)14(17)16-9-7-12(11-15)8-10-16/h12-13H,3-10H2,1-2H3. The molecule has 0 aromatic carbocycles. The molecule has 3 heteroatoms. The summed E-state index contributed by atoms with van der Waals surface area (Å²) in [6.45, 7) is 5.83. The molecule has 1 amide bonds. The Bertz CT molecular complexity index is 268. The Kier molecular flexibility index (Phi) is 6.04. The molecule has 0 saturated carbocycles. The van der Waals surface area contributed by atoms with E-state index >= 15 is 0 Å². The van der Waals surface area contributed by atoms with E-state index < -0.39 is 0 Å². The second kappa shape index (κ2) is 7.32. The van der Waals surface area contributed by atoms with Gasteiger partial charge >= 0.3 is 0 Å². The summed E-state index contributed by atoms with van der Waals surface area (Å²) in [5.74, 6) is 0.698. The molecule has 0 unspecified atom stereocenters. The van der Waals surface area contributed by atoms with Crippen molar-refractivity contribution in [2.45, 2.75) is 52.4 Å². The van der Waals surface area contributed by atoms with Crippen LogP contribution in [0.4, 0.5) is 0 Å². The zero-order chi connectivity index (χ0) is 12.7. The summed E-state index contributed by atoms with van der Waals surface area (Å²) < 4.78 is 0. The summed E-state index contributed by atoms with van der Waals surface area (Å²) in [4.78, 5) is 14.3. The third-order valence-electron chi connectivity index (χ3n) is 3.61. The number of hydrogen-bond donors (Lipinski definition) is 0. The van der Waals surface area contributed by atoms with Gasteiger partial charge in [-0.25, -0.2) is 0 Å². The first-order valence-electron chi connectivity index (χ1n) is 6.91. The molecule has 1 rings (SSSR count). The molecule has 3 nitrogen and oxygen atoms in total. The largest absolute Gasteiger partial charge is 0.342 e. The van der Waals surface area contributed by atoms with Gasteiger partial charge in [-0.05, 0) is 25.7 Å². The molecule has 1 aliphatic heterocycles. The van der Waals surface area contributed by atoms with Crippen molar-refractivity contribution < 1.29 is 4.79 Å². The molecule has 0 spiro atoms. The van der Waals surface area contributed by atoms with Gasteiger partial charge in [0.1, 0.15) is 0 Å². The molecule has 0 N–H and O–H groups in total. The predicted molar refractivity (Wildman–Crippen MR) is 68.2 cm³/mol. The van der Waals surface area contributed by atoms with Gasteiger partial charge in [-0.3, -0.25) is 4.79 Å². The van der Waals surface area contributed by atoms with Crippen LogP contribution in [-0.2, 0) is 4.79 Å². The van der Waals surface area contributed by atoms with Crippen molar-refractivity contribution in [1.29, 1.82) is 5.26 Å². The van der Waals surface area contributed by atoms with Crippen LogP contribution < -0.4 is 0 Å². The second-order valence-electron chi connectivity index (χ2n) is 5.00. The summed E-state index contributed by atoms with van der Waals surface area (Å²) in [6.07, 6.45) is 5.87. The summed E-state index contributed by atoms with van der Waals surface area (Å²) in [5, 5.41) is 8.84. The minimum Gasteiger partial charge on any atom is -0.342 e. The van der Waals surface area contributed by atoms with Crippen molar-refractivity contribution in [3.05, 3.63) is 0 Å². The van der Waals surface area contributed by atoms with E-state index in [-0.39, 0.29) is 11.8 Å². The van der Waals surface area contributed by atoms with Gasteiger partial charge in [0.05, 0.1) is 6.07 Å². The van der Waals surface area contributed by atoms with E-state index in [2.05, 4.69) is 19.9 Å². The minimum absolute atomic E-state index is 0.162. The highest BCUT2D eigenvalue weighted by Gasteiger charge is 2.27. The fourth-order valence-corrected chi connectivity index (χ4v) is 2.58. The molecule has 1 heterocycles. The molecule has 0 aromatic heterocycles. The fraction of sp³-hybridized carbons (Fsp3) is 0.857. The molecule has 0 aliphatic carbocycles. The number of piperidine rings is 1. The number of carbonyl (C=O) groups excluding carboxylic acids is 1. The SMILES string of the molecule is CCCC(CCC)C(=O)N1CCC(C#N)CC1. The highest BCUT2D eigenvalue weighted by molar-refractivity contribution is 5.78. The van der Waals surface area contributed by atoms with Crippen molar-refractivity contribution in [2.24, 2.45) is 11.8 Å². The summed E-state index contributed by atoms with van der Waals surface area (Å²) >= 11 is 0. The van der Waals surface area contributed by atoms with Crippen LogP contribution in [-0.4, -0.2) is 23.9 Å². The number of nitriles is 1. The molecular formula is C14H24N2O. The molecule has 0 radical (unpaired) electrons. The lowest BCUT2D eigenvalue weighted by molar-refractivity contribution is -0.137. The van der Waals surface area contributed by atoms with Gasteiger partial charge in [-0.2, -0.15) is 5.26 Å². The average molecular weight is 236 g/mol. The van der Waals surface area contributed by atoms with Crippen LogP contribution in [0.3, 0.4) is 0 Å². The van der Waals surface area contributed by atoms with Crippen LogP contribution in [0.2, 0.25) is 0 Å². The molecule has 96 valence electrons. The minimum atomic E-state index is 0.162. The van der Waals surface area contributed by atoms with Gasteiger partial charge in [0.25, 0.3) is 0 Å². The zero-order valence-corrected chi connectivity index (χ0v) is 11.1. The monoisotopic (exact) mass is 236 g/mol. The number of amides is 1. The van der Waals surface area contributed by atoms with Crippen molar-refractivity contribution in [1.82, 2.24) is 4.90 Å². The van der Waals surface area contributed by atoms with Crippen LogP contribution in [0.25, 0.3) is 0 Å². The Labute approximate surface area is 105 Å². The van der Waals surface area contributed by atoms with Crippen LogP contribution in [0, 0.1) is 23.2 Å². The molecule has 0 aromatic rings. The Balaban J connectivity index is 2.48. The maximum Gasteiger partial charge on any atom is 0.225 e. The first kappa shape index (κ1) is 14.0. The Hall–Kier alpha value is -1.04. The van der Waals surface area contributed by atoms with Gasteiger partial charge in [-0.15, -0.1) is 0 Å². The summed E-state index contributed by atoms with van der Waals surface area (Å²) in [6, 6.07) is 2.30. The quantitative estimate of drug-likeness (QED) is 0.736. The maximum absolute atomic E-state index is 12.3. The summed E-state index contributed by atoms with van der Waals surface area (Å²) in [5.41, 5.74) is 0. The normalized spacial score (nSPS) is 17.2. The van der Waals surface area contributed by atoms with Crippen molar-refractivity contribution in [2.75, 3.05) is 13.1 Å². The van der Waals surface area contributed by atoms with Crippen molar-refractivity contribution in [3.8, 4) is 6.07 Å². The van der Waals surface area contributed by atoms with E-state index in [1.54, 1.807) is 0 Å². The lowest BCUT2D eigenvalue weighted by Gasteiger charge is -2.32. The number of nitrogens with zero attached hydrogens (tertiary/aromatic N) is 2. The van der Waals surface area contributed by atoms with E-state index in [9.17, 15) is 4.79 Å². The first-order chi connectivity index (χ1) is 8.22. The van der Waals surface area contributed by atoms with Gasteiger partial charge < -0.3 is 4.90 Å². The van der Waals surface area contributed by atoms with Gasteiger partial charge in [0.2, 0.25) is 5.91 Å². The van der Waals surface area contributed by atoms with E-state index in [4.69, 9.17) is 5.26 Å². The highest BCUT2D eigenvalue weighted by atomic mass is 16.2.